The van der Waals surface area contributed by atoms with Crippen molar-refractivity contribution in [2.24, 2.45) is 5.73 Å². The fraction of sp³-hybridized carbons (Fsp3) is 0.385. The summed E-state index contributed by atoms with van der Waals surface area (Å²) in [6, 6.07) is 6.27. The third-order valence-corrected chi connectivity index (χ3v) is 2.55. The first-order chi connectivity index (χ1) is 8.54. The zero-order chi connectivity index (χ0) is 13.5. The summed E-state index contributed by atoms with van der Waals surface area (Å²) in [5.74, 6) is -1.22. The van der Waals surface area contributed by atoms with Gasteiger partial charge in [-0.15, -0.1) is 0 Å². The molecule has 0 saturated carbocycles. The highest BCUT2D eigenvalue weighted by Gasteiger charge is 2.14. The first-order valence-electron chi connectivity index (χ1n) is 5.90. The van der Waals surface area contributed by atoms with Crippen molar-refractivity contribution in [3.05, 3.63) is 29.8 Å². The number of nitrogens with two attached hydrogens (primary N) is 1. The first kappa shape index (κ1) is 14.2. The number of hydrogen-bond acceptors (Lipinski definition) is 3. The standard InChI is InChI=1S/C13H18N2O3/c1-2-5-10(14)13(18)15-11-7-4-3-6-9(11)8-12(16)17/h3-4,6-7,10H,2,5,8,14H2,1H3,(H,15,18)(H,16,17). The topological polar surface area (TPSA) is 92.4 Å². The van der Waals surface area contributed by atoms with E-state index in [1.807, 2.05) is 6.92 Å². The number of aliphatic carboxylic acids is 1. The Morgan fingerprint density at radius 1 is 1.39 bits per heavy atom. The number of carboxylic acid groups (broad SMARTS) is 1. The molecule has 18 heavy (non-hydrogen) atoms. The van der Waals surface area contributed by atoms with E-state index in [0.29, 0.717) is 17.7 Å². The Morgan fingerprint density at radius 3 is 2.67 bits per heavy atom. The average Bonchev–Trinajstić information content (AvgIpc) is 2.31. The van der Waals surface area contributed by atoms with Crippen molar-refractivity contribution >= 4 is 17.6 Å². The van der Waals surface area contributed by atoms with Crippen molar-refractivity contribution < 1.29 is 14.7 Å². The predicted octanol–water partition coefficient (Wildman–Crippen LogP) is 1.38. The van der Waals surface area contributed by atoms with Crippen molar-refractivity contribution in [2.45, 2.75) is 32.2 Å². The molecule has 5 nitrogen and oxygen atoms in total. The fourth-order valence-electron chi connectivity index (χ4n) is 1.63. The Balaban J connectivity index is 2.77. The molecule has 0 spiro atoms. The molecule has 0 radical (unpaired) electrons. The van der Waals surface area contributed by atoms with Crippen LogP contribution in [0.3, 0.4) is 0 Å². The molecular formula is C13H18N2O3. The number of anilines is 1. The summed E-state index contributed by atoms with van der Waals surface area (Å²) in [4.78, 5) is 22.5. The van der Waals surface area contributed by atoms with Gasteiger partial charge in [0.2, 0.25) is 5.91 Å². The Morgan fingerprint density at radius 2 is 2.06 bits per heavy atom. The van der Waals surface area contributed by atoms with Crippen molar-refractivity contribution in [1.29, 1.82) is 0 Å². The molecule has 1 aromatic rings. The van der Waals surface area contributed by atoms with E-state index in [0.717, 1.165) is 6.42 Å². The lowest BCUT2D eigenvalue weighted by molar-refractivity contribution is -0.136. The molecule has 0 aliphatic rings. The molecule has 0 bridgehead atoms. The van der Waals surface area contributed by atoms with Crippen LogP contribution in [0.1, 0.15) is 25.3 Å². The van der Waals surface area contributed by atoms with E-state index in [9.17, 15) is 9.59 Å². The van der Waals surface area contributed by atoms with Gasteiger partial charge >= 0.3 is 5.97 Å². The van der Waals surface area contributed by atoms with Crippen LogP contribution in [0.5, 0.6) is 0 Å². The van der Waals surface area contributed by atoms with Crippen LogP contribution >= 0.6 is 0 Å². The molecule has 98 valence electrons. The zero-order valence-corrected chi connectivity index (χ0v) is 10.3. The van der Waals surface area contributed by atoms with Crippen molar-refractivity contribution in [3.8, 4) is 0 Å². The summed E-state index contributed by atoms with van der Waals surface area (Å²) >= 11 is 0. The van der Waals surface area contributed by atoms with Crippen molar-refractivity contribution in [2.75, 3.05) is 5.32 Å². The Kier molecular flexibility index (Phi) is 5.32. The van der Waals surface area contributed by atoms with Crippen LogP contribution in [-0.4, -0.2) is 23.0 Å². The fourth-order valence-corrected chi connectivity index (χ4v) is 1.63. The molecule has 0 heterocycles. The third-order valence-electron chi connectivity index (χ3n) is 2.55. The summed E-state index contributed by atoms with van der Waals surface area (Å²) < 4.78 is 0. The number of rotatable bonds is 6. The maximum Gasteiger partial charge on any atom is 0.307 e. The Hall–Kier alpha value is -1.88. The minimum Gasteiger partial charge on any atom is -0.481 e. The van der Waals surface area contributed by atoms with Gasteiger partial charge in [0, 0.05) is 5.69 Å². The number of para-hydroxylation sites is 1. The van der Waals surface area contributed by atoms with E-state index < -0.39 is 12.0 Å². The van der Waals surface area contributed by atoms with E-state index >= 15 is 0 Å². The third kappa shape index (κ3) is 4.18. The lowest BCUT2D eigenvalue weighted by Crippen LogP contribution is -2.35. The summed E-state index contributed by atoms with van der Waals surface area (Å²) in [7, 11) is 0. The highest BCUT2D eigenvalue weighted by atomic mass is 16.4. The lowest BCUT2D eigenvalue weighted by Gasteiger charge is -2.13. The van der Waals surface area contributed by atoms with Gasteiger partial charge in [0.1, 0.15) is 0 Å². The zero-order valence-electron chi connectivity index (χ0n) is 10.3. The predicted molar refractivity (Wildman–Crippen MR) is 69.3 cm³/mol. The maximum atomic E-state index is 11.8. The minimum atomic E-state index is -0.936. The summed E-state index contributed by atoms with van der Waals surface area (Å²) in [6.07, 6.45) is 1.30. The van der Waals surface area contributed by atoms with Gasteiger partial charge in [0.05, 0.1) is 12.5 Å². The SMILES string of the molecule is CCCC(N)C(=O)Nc1ccccc1CC(=O)O. The van der Waals surface area contributed by atoms with Gasteiger partial charge in [-0.2, -0.15) is 0 Å². The molecule has 4 N–H and O–H groups in total. The van der Waals surface area contributed by atoms with Gasteiger partial charge in [-0.3, -0.25) is 9.59 Å². The van der Waals surface area contributed by atoms with Crippen molar-refractivity contribution in [3.63, 3.8) is 0 Å². The van der Waals surface area contributed by atoms with Crippen molar-refractivity contribution in [1.82, 2.24) is 0 Å². The Labute approximate surface area is 106 Å². The molecule has 1 atom stereocenters. The highest BCUT2D eigenvalue weighted by Crippen LogP contribution is 2.16. The molecule has 0 fully saturated rings. The van der Waals surface area contributed by atoms with Gasteiger partial charge in [0.15, 0.2) is 0 Å². The number of hydrogen-bond donors (Lipinski definition) is 3. The lowest BCUT2D eigenvalue weighted by atomic mass is 10.1. The summed E-state index contributed by atoms with van der Waals surface area (Å²) in [5, 5.41) is 11.5. The van der Waals surface area contributed by atoms with E-state index in [4.69, 9.17) is 10.8 Å². The molecule has 1 aromatic carbocycles. The molecule has 5 heteroatoms. The normalized spacial score (nSPS) is 11.9. The Bertz CT molecular complexity index is 432. The van der Waals surface area contributed by atoms with Gasteiger partial charge < -0.3 is 16.2 Å². The molecule has 0 saturated heterocycles. The van der Waals surface area contributed by atoms with Gasteiger partial charge in [-0.05, 0) is 18.1 Å². The van der Waals surface area contributed by atoms with Crippen LogP contribution in [0.4, 0.5) is 5.69 Å². The number of carboxylic acids is 1. The number of carbonyl (C=O) groups excluding carboxylic acids is 1. The number of carbonyl (C=O) groups is 2. The molecule has 0 aliphatic heterocycles. The highest BCUT2D eigenvalue weighted by molar-refractivity contribution is 5.95. The van der Waals surface area contributed by atoms with E-state index in [-0.39, 0.29) is 12.3 Å². The molecule has 1 unspecified atom stereocenters. The minimum absolute atomic E-state index is 0.126. The second kappa shape index (κ2) is 6.76. The van der Waals surface area contributed by atoms with Crippen LogP contribution in [0.15, 0.2) is 24.3 Å². The van der Waals surface area contributed by atoms with Crippen LogP contribution in [0.2, 0.25) is 0 Å². The number of benzene rings is 1. The van der Waals surface area contributed by atoms with Gasteiger partial charge in [-0.1, -0.05) is 31.5 Å². The second-order valence-electron chi connectivity index (χ2n) is 4.11. The van der Waals surface area contributed by atoms with Gasteiger partial charge in [-0.25, -0.2) is 0 Å². The smallest absolute Gasteiger partial charge is 0.307 e. The quantitative estimate of drug-likeness (QED) is 0.711. The van der Waals surface area contributed by atoms with Gasteiger partial charge in [0.25, 0.3) is 0 Å². The van der Waals surface area contributed by atoms with E-state index in [1.54, 1.807) is 24.3 Å². The maximum absolute atomic E-state index is 11.8. The monoisotopic (exact) mass is 250 g/mol. The van der Waals surface area contributed by atoms with Crippen LogP contribution in [0.25, 0.3) is 0 Å². The second-order valence-corrected chi connectivity index (χ2v) is 4.11. The molecule has 0 aromatic heterocycles. The number of nitrogens with one attached hydrogen (secondary N) is 1. The van der Waals surface area contributed by atoms with Crippen LogP contribution < -0.4 is 11.1 Å². The molecular weight excluding hydrogens is 232 g/mol. The van der Waals surface area contributed by atoms with E-state index in [1.165, 1.54) is 0 Å². The molecule has 1 amide bonds. The van der Waals surface area contributed by atoms with Crippen LogP contribution in [0, 0.1) is 0 Å². The largest absolute Gasteiger partial charge is 0.481 e. The summed E-state index contributed by atoms with van der Waals surface area (Å²) in [6.45, 7) is 1.95. The van der Waals surface area contributed by atoms with E-state index in [2.05, 4.69) is 5.32 Å². The molecule has 0 aliphatic carbocycles. The molecule has 1 rings (SSSR count). The average molecular weight is 250 g/mol. The summed E-state index contributed by atoms with van der Waals surface area (Å²) in [5.41, 5.74) is 6.78. The first-order valence-corrected chi connectivity index (χ1v) is 5.90. The number of amides is 1. The van der Waals surface area contributed by atoms with Crippen LogP contribution in [-0.2, 0) is 16.0 Å².